The second-order valence-corrected chi connectivity index (χ2v) is 3.04. The molecule has 0 saturated carbocycles. The molecule has 1 unspecified atom stereocenters. The van der Waals surface area contributed by atoms with Gasteiger partial charge < -0.3 is 10.1 Å². The highest BCUT2D eigenvalue weighted by Gasteiger charge is 2.11. The molecule has 1 aliphatic rings. The highest BCUT2D eigenvalue weighted by Crippen LogP contribution is 2.05. The Bertz CT molecular complexity index is 162. The van der Waals surface area contributed by atoms with Crippen LogP contribution in [0.3, 0.4) is 0 Å². The molecule has 0 aliphatic carbocycles. The van der Waals surface area contributed by atoms with Crippen molar-refractivity contribution < 1.29 is 4.74 Å². The summed E-state index contributed by atoms with van der Waals surface area (Å²) in [4.78, 5) is 0. The maximum atomic E-state index is 5.34. The van der Waals surface area contributed by atoms with Crippen LogP contribution in [-0.2, 0) is 4.74 Å². The third kappa shape index (κ3) is 3.75. The normalized spacial score (nSPS) is 22.9. The Hall–Kier alpha value is -0.520. The zero-order chi connectivity index (χ0) is 8.65. The second kappa shape index (κ2) is 6.05. The van der Waals surface area contributed by atoms with E-state index < -0.39 is 0 Å². The lowest BCUT2D eigenvalue weighted by molar-refractivity contribution is 0.0708. The fraction of sp³-hybridized carbons (Fsp3) is 0.800. The summed E-state index contributed by atoms with van der Waals surface area (Å²) in [6.45, 7) is 4.69. The predicted octanol–water partition coefficient (Wildman–Crippen LogP) is 1.17. The Balaban J connectivity index is 2.00. The largest absolute Gasteiger partial charge is 0.380 e. The van der Waals surface area contributed by atoms with Gasteiger partial charge in [0.1, 0.15) is 0 Å². The van der Waals surface area contributed by atoms with Gasteiger partial charge in [-0.25, -0.2) is 0 Å². The van der Waals surface area contributed by atoms with Crippen molar-refractivity contribution in [3.8, 4) is 11.8 Å². The van der Waals surface area contributed by atoms with Gasteiger partial charge in [-0.15, -0.1) is 11.8 Å². The molecular formula is C10H17NO. The third-order valence-corrected chi connectivity index (χ3v) is 2.02. The van der Waals surface area contributed by atoms with E-state index in [1.807, 2.05) is 6.92 Å². The zero-order valence-electron chi connectivity index (χ0n) is 7.73. The van der Waals surface area contributed by atoms with Gasteiger partial charge in [-0.2, -0.15) is 0 Å². The summed E-state index contributed by atoms with van der Waals surface area (Å²) in [5.41, 5.74) is 0. The van der Waals surface area contributed by atoms with Crippen LogP contribution in [-0.4, -0.2) is 25.8 Å². The molecule has 1 rings (SSSR count). The molecule has 0 amide bonds. The molecule has 1 heterocycles. The first-order valence-corrected chi connectivity index (χ1v) is 4.64. The Labute approximate surface area is 74.7 Å². The molecule has 2 nitrogen and oxygen atoms in total. The molecule has 12 heavy (non-hydrogen) atoms. The summed E-state index contributed by atoms with van der Waals surface area (Å²) in [5, 5.41) is 3.43. The second-order valence-electron chi connectivity index (χ2n) is 3.04. The van der Waals surface area contributed by atoms with Crippen LogP contribution in [0.2, 0.25) is 0 Å². The van der Waals surface area contributed by atoms with E-state index in [1.54, 1.807) is 0 Å². The Morgan fingerprint density at radius 2 is 2.50 bits per heavy atom. The van der Waals surface area contributed by atoms with Crippen LogP contribution in [0.1, 0.15) is 26.2 Å². The van der Waals surface area contributed by atoms with E-state index in [0.717, 1.165) is 26.2 Å². The van der Waals surface area contributed by atoms with Crippen LogP contribution < -0.4 is 5.32 Å². The fourth-order valence-electron chi connectivity index (χ4n) is 1.37. The van der Waals surface area contributed by atoms with Gasteiger partial charge in [-0.05, 0) is 19.8 Å². The van der Waals surface area contributed by atoms with Crippen LogP contribution >= 0.6 is 0 Å². The van der Waals surface area contributed by atoms with Crippen molar-refractivity contribution in [3.05, 3.63) is 0 Å². The number of rotatable bonds is 3. The molecule has 1 fully saturated rings. The fourth-order valence-corrected chi connectivity index (χ4v) is 1.37. The molecule has 1 atom stereocenters. The Morgan fingerprint density at radius 3 is 3.17 bits per heavy atom. The van der Waals surface area contributed by atoms with E-state index in [0.29, 0.717) is 6.04 Å². The van der Waals surface area contributed by atoms with Crippen LogP contribution in [0.15, 0.2) is 0 Å². The summed E-state index contributed by atoms with van der Waals surface area (Å²) in [6, 6.07) is 0.567. The van der Waals surface area contributed by atoms with Crippen molar-refractivity contribution in [2.75, 3.05) is 19.8 Å². The topological polar surface area (TPSA) is 21.3 Å². The SMILES string of the molecule is CC#CCCNC1CCCOC1. The van der Waals surface area contributed by atoms with Crippen LogP contribution in [0.5, 0.6) is 0 Å². The number of ether oxygens (including phenoxy) is 1. The van der Waals surface area contributed by atoms with E-state index in [4.69, 9.17) is 4.74 Å². The molecule has 0 aromatic carbocycles. The highest BCUT2D eigenvalue weighted by molar-refractivity contribution is 4.95. The molecule has 0 bridgehead atoms. The number of nitrogens with one attached hydrogen (secondary N) is 1. The van der Waals surface area contributed by atoms with Gasteiger partial charge in [-0.3, -0.25) is 0 Å². The summed E-state index contributed by atoms with van der Waals surface area (Å²) in [7, 11) is 0. The molecule has 0 aromatic heterocycles. The molecule has 68 valence electrons. The molecule has 2 heteroatoms. The van der Waals surface area contributed by atoms with Gasteiger partial charge in [0.15, 0.2) is 0 Å². The maximum absolute atomic E-state index is 5.34. The molecule has 1 saturated heterocycles. The molecule has 1 N–H and O–H groups in total. The Morgan fingerprint density at radius 1 is 1.58 bits per heavy atom. The monoisotopic (exact) mass is 167 g/mol. The lowest BCUT2D eigenvalue weighted by Gasteiger charge is -2.22. The molecule has 0 radical (unpaired) electrons. The van der Waals surface area contributed by atoms with Gasteiger partial charge in [0, 0.05) is 25.6 Å². The van der Waals surface area contributed by atoms with E-state index in [-0.39, 0.29) is 0 Å². The van der Waals surface area contributed by atoms with E-state index in [2.05, 4.69) is 17.2 Å². The van der Waals surface area contributed by atoms with Gasteiger partial charge >= 0.3 is 0 Å². The van der Waals surface area contributed by atoms with Crippen LogP contribution in [0.4, 0.5) is 0 Å². The van der Waals surface area contributed by atoms with Crippen molar-refractivity contribution in [3.63, 3.8) is 0 Å². The first-order chi connectivity index (χ1) is 5.93. The Kier molecular flexibility index (Phi) is 4.82. The lowest BCUT2D eigenvalue weighted by Crippen LogP contribution is -2.37. The minimum Gasteiger partial charge on any atom is -0.380 e. The average Bonchev–Trinajstić information content (AvgIpc) is 2.14. The van der Waals surface area contributed by atoms with Crippen molar-refractivity contribution in [1.82, 2.24) is 5.32 Å². The lowest BCUT2D eigenvalue weighted by atomic mass is 10.1. The average molecular weight is 167 g/mol. The van der Waals surface area contributed by atoms with E-state index in [9.17, 15) is 0 Å². The molecule has 0 aromatic rings. The summed E-state index contributed by atoms with van der Waals surface area (Å²) < 4.78 is 5.34. The van der Waals surface area contributed by atoms with E-state index in [1.165, 1.54) is 12.8 Å². The van der Waals surface area contributed by atoms with Gasteiger partial charge in [0.2, 0.25) is 0 Å². The van der Waals surface area contributed by atoms with Crippen molar-refractivity contribution >= 4 is 0 Å². The molecule has 0 spiro atoms. The minimum atomic E-state index is 0.567. The quantitative estimate of drug-likeness (QED) is 0.503. The van der Waals surface area contributed by atoms with E-state index >= 15 is 0 Å². The predicted molar refractivity (Wildman–Crippen MR) is 49.9 cm³/mol. The highest BCUT2D eigenvalue weighted by atomic mass is 16.5. The van der Waals surface area contributed by atoms with Gasteiger partial charge in [0.05, 0.1) is 6.61 Å². The standard InChI is InChI=1S/C10H17NO/c1-2-3-4-7-11-10-6-5-8-12-9-10/h10-11H,4-9H2,1H3. The van der Waals surface area contributed by atoms with Crippen LogP contribution in [0, 0.1) is 11.8 Å². The first-order valence-electron chi connectivity index (χ1n) is 4.64. The summed E-state index contributed by atoms with van der Waals surface area (Å²) in [5.74, 6) is 5.92. The minimum absolute atomic E-state index is 0.567. The first kappa shape index (κ1) is 9.57. The van der Waals surface area contributed by atoms with Crippen molar-refractivity contribution in [2.24, 2.45) is 0 Å². The summed E-state index contributed by atoms with van der Waals surface area (Å²) >= 11 is 0. The van der Waals surface area contributed by atoms with Crippen molar-refractivity contribution in [2.45, 2.75) is 32.2 Å². The van der Waals surface area contributed by atoms with Crippen molar-refractivity contribution in [1.29, 1.82) is 0 Å². The zero-order valence-corrected chi connectivity index (χ0v) is 7.73. The van der Waals surface area contributed by atoms with Gasteiger partial charge in [-0.1, -0.05) is 0 Å². The number of hydrogen-bond donors (Lipinski definition) is 1. The number of hydrogen-bond acceptors (Lipinski definition) is 2. The summed E-state index contributed by atoms with van der Waals surface area (Å²) in [6.07, 6.45) is 3.39. The smallest absolute Gasteiger partial charge is 0.0619 e. The third-order valence-electron chi connectivity index (χ3n) is 2.02. The molecule has 1 aliphatic heterocycles. The maximum Gasteiger partial charge on any atom is 0.0619 e. The van der Waals surface area contributed by atoms with Gasteiger partial charge in [0.25, 0.3) is 0 Å². The molecular weight excluding hydrogens is 150 g/mol. The van der Waals surface area contributed by atoms with Crippen LogP contribution in [0.25, 0.3) is 0 Å².